The number of halogens is 3. The van der Waals surface area contributed by atoms with Crippen molar-refractivity contribution in [2.45, 2.75) is 26.1 Å². The Labute approximate surface area is 215 Å². The Morgan fingerprint density at radius 2 is 1.84 bits per heavy atom. The lowest BCUT2D eigenvalue weighted by molar-refractivity contribution is -0.162. The normalized spacial score (nSPS) is 15.4. The van der Waals surface area contributed by atoms with Crippen LogP contribution in [0.3, 0.4) is 0 Å². The Bertz CT molecular complexity index is 1390. The molecule has 4 aromatic rings. The number of ether oxygens (including phenoxy) is 1. The second-order valence-corrected chi connectivity index (χ2v) is 10.0. The van der Waals surface area contributed by atoms with Crippen LogP contribution in [0.1, 0.15) is 23.5 Å². The molecule has 5 rings (SSSR count). The number of thiophene rings is 1. The summed E-state index contributed by atoms with van der Waals surface area (Å²) in [7, 11) is 0. The molecular weight excluding hydrogens is 505 g/mol. The number of fused-ring (bicyclic) bond motifs is 1. The summed E-state index contributed by atoms with van der Waals surface area (Å²) in [6.07, 6.45) is 2.47. The number of nitrogens with one attached hydrogen (secondary N) is 1. The Balaban J connectivity index is 1.34. The average Bonchev–Trinajstić information content (AvgIpc) is 3.54. The average molecular weight is 531 g/mol. The molecule has 0 radical (unpaired) electrons. The van der Waals surface area contributed by atoms with E-state index in [-0.39, 0.29) is 4.88 Å². The van der Waals surface area contributed by atoms with E-state index in [4.69, 9.17) is 4.74 Å². The molecule has 37 heavy (non-hydrogen) atoms. The van der Waals surface area contributed by atoms with E-state index in [1.54, 1.807) is 34.6 Å². The third-order valence-electron chi connectivity index (χ3n) is 6.21. The van der Waals surface area contributed by atoms with Crippen LogP contribution in [-0.2, 0) is 4.74 Å². The van der Waals surface area contributed by atoms with Crippen LogP contribution >= 0.6 is 11.3 Å². The molecule has 1 saturated heterocycles. The van der Waals surface area contributed by atoms with Crippen LogP contribution in [0.25, 0.3) is 27.9 Å². The van der Waals surface area contributed by atoms with Gasteiger partial charge in [0.25, 0.3) is 5.91 Å². The molecule has 1 aliphatic rings. The van der Waals surface area contributed by atoms with E-state index in [2.05, 4.69) is 25.3 Å². The van der Waals surface area contributed by atoms with Crippen LogP contribution in [0.5, 0.6) is 0 Å². The number of rotatable bonds is 6. The van der Waals surface area contributed by atoms with Gasteiger partial charge in [-0.15, -0.1) is 11.3 Å². The molecule has 0 spiro atoms. The van der Waals surface area contributed by atoms with Gasteiger partial charge in [-0.1, -0.05) is 13.8 Å². The third-order valence-corrected chi connectivity index (χ3v) is 7.14. The van der Waals surface area contributed by atoms with Crippen molar-refractivity contribution in [2.75, 3.05) is 31.2 Å². The summed E-state index contributed by atoms with van der Waals surface area (Å²) in [5.41, 5.74) is 3.64. The van der Waals surface area contributed by atoms with E-state index >= 15 is 0 Å². The zero-order valence-electron chi connectivity index (χ0n) is 20.2. The molecule has 194 valence electrons. The number of alkyl halides is 3. The number of carbonyl (C=O) groups is 1. The molecule has 12 heteroatoms. The van der Waals surface area contributed by atoms with Gasteiger partial charge in [-0.05, 0) is 35.1 Å². The number of hydrogen-bond donors (Lipinski definition) is 1. The predicted molar refractivity (Wildman–Crippen MR) is 135 cm³/mol. The van der Waals surface area contributed by atoms with Crippen molar-refractivity contribution >= 4 is 28.7 Å². The molecular formula is C25H25F3N6O2S. The maximum absolute atomic E-state index is 13.3. The molecule has 1 amide bonds. The van der Waals surface area contributed by atoms with E-state index < -0.39 is 24.0 Å². The fraction of sp³-hybridized carbons (Fsp3) is 0.360. The van der Waals surface area contributed by atoms with Gasteiger partial charge in [0.1, 0.15) is 11.9 Å². The monoisotopic (exact) mass is 530 g/mol. The highest BCUT2D eigenvalue weighted by atomic mass is 32.1. The first-order valence-corrected chi connectivity index (χ1v) is 12.7. The topological polar surface area (TPSA) is 84.7 Å². The summed E-state index contributed by atoms with van der Waals surface area (Å²) in [6.45, 7) is 5.84. The minimum absolute atomic E-state index is 0.187. The lowest BCUT2D eigenvalue weighted by Gasteiger charge is -2.27. The molecule has 0 aromatic carbocycles. The van der Waals surface area contributed by atoms with Gasteiger partial charge >= 0.3 is 6.18 Å². The quantitative estimate of drug-likeness (QED) is 0.390. The van der Waals surface area contributed by atoms with Crippen molar-refractivity contribution < 1.29 is 22.7 Å². The van der Waals surface area contributed by atoms with Gasteiger partial charge in [0, 0.05) is 48.4 Å². The molecule has 1 atom stereocenters. The number of anilines is 1. The summed E-state index contributed by atoms with van der Waals surface area (Å²) in [5, 5.41) is 8.23. The smallest absolute Gasteiger partial charge is 0.378 e. The SMILES string of the molecule is CC(C)[C@@H](NC(=O)c1cc(-c2cnn3cc(-c4ccc(N5CCOCC5)nc4)cnc23)cs1)C(F)(F)F. The molecule has 0 aliphatic carbocycles. The lowest BCUT2D eigenvalue weighted by Crippen LogP contribution is -2.48. The fourth-order valence-electron chi connectivity index (χ4n) is 4.20. The Morgan fingerprint density at radius 1 is 1.08 bits per heavy atom. The second-order valence-electron chi connectivity index (χ2n) is 9.11. The molecule has 0 bridgehead atoms. The summed E-state index contributed by atoms with van der Waals surface area (Å²) >= 11 is 1.08. The highest BCUT2D eigenvalue weighted by molar-refractivity contribution is 7.12. The van der Waals surface area contributed by atoms with E-state index in [9.17, 15) is 18.0 Å². The first kappa shape index (κ1) is 25.2. The predicted octanol–water partition coefficient (Wildman–Crippen LogP) is 4.67. The van der Waals surface area contributed by atoms with Crippen LogP contribution in [0.4, 0.5) is 19.0 Å². The lowest BCUT2D eigenvalue weighted by atomic mass is 10.0. The zero-order chi connectivity index (χ0) is 26.2. The zero-order valence-corrected chi connectivity index (χ0v) is 21.0. The number of aromatic nitrogens is 4. The number of nitrogens with zero attached hydrogens (tertiary/aromatic N) is 5. The molecule has 0 saturated carbocycles. The largest absolute Gasteiger partial charge is 0.408 e. The van der Waals surface area contributed by atoms with Crippen molar-refractivity contribution in [2.24, 2.45) is 5.92 Å². The number of hydrogen-bond acceptors (Lipinski definition) is 7. The van der Waals surface area contributed by atoms with Gasteiger partial charge < -0.3 is 15.0 Å². The fourth-order valence-corrected chi connectivity index (χ4v) is 5.01. The van der Waals surface area contributed by atoms with E-state index in [0.29, 0.717) is 30.0 Å². The van der Waals surface area contributed by atoms with Gasteiger partial charge in [0.15, 0.2) is 5.65 Å². The van der Waals surface area contributed by atoms with Crippen LogP contribution in [0.15, 0.2) is 48.4 Å². The molecule has 8 nitrogen and oxygen atoms in total. The molecule has 4 aromatic heterocycles. The second kappa shape index (κ2) is 10.1. The molecule has 5 heterocycles. The Morgan fingerprint density at radius 3 is 2.51 bits per heavy atom. The van der Waals surface area contributed by atoms with Crippen LogP contribution in [-0.4, -0.2) is 64.0 Å². The minimum atomic E-state index is -4.52. The maximum Gasteiger partial charge on any atom is 0.408 e. The van der Waals surface area contributed by atoms with Crippen molar-refractivity contribution in [3.8, 4) is 22.3 Å². The highest BCUT2D eigenvalue weighted by Gasteiger charge is 2.42. The van der Waals surface area contributed by atoms with Gasteiger partial charge in [-0.3, -0.25) is 4.79 Å². The summed E-state index contributed by atoms with van der Waals surface area (Å²) in [5.74, 6) is -0.645. The maximum atomic E-state index is 13.3. The highest BCUT2D eigenvalue weighted by Crippen LogP contribution is 2.31. The van der Waals surface area contributed by atoms with Crippen LogP contribution in [0.2, 0.25) is 0 Å². The van der Waals surface area contributed by atoms with Gasteiger partial charge in [0.05, 0.1) is 24.3 Å². The van der Waals surface area contributed by atoms with E-state index in [1.807, 2.05) is 18.3 Å². The summed E-state index contributed by atoms with van der Waals surface area (Å²) < 4.78 is 46.8. The van der Waals surface area contributed by atoms with Gasteiger partial charge in [-0.25, -0.2) is 14.5 Å². The molecule has 1 aliphatic heterocycles. The number of carbonyl (C=O) groups excluding carboxylic acids is 1. The third kappa shape index (κ3) is 5.30. The minimum Gasteiger partial charge on any atom is -0.378 e. The Hall–Kier alpha value is -3.51. The van der Waals surface area contributed by atoms with Crippen molar-refractivity contribution in [3.63, 3.8) is 0 Å². The van der Waals surface area contributed by atoms with Crippen molar-refractivity contribution in [3.05, 3.63) is 53.2 Å². The van der Waals surface area contributed by atoms with Crippen molar-refractivity contribution in [1.29, 1.82) is 0 Å². The van der Waals surface area contributed by atoms with Crippen LogP contribution in [0, 0.1) is 5.92 Å². The molecule has 0 unspecified atom stereocenters. The molecule has 1 fully saturated rings. The molecule has 1 N–H and O–H groups in total. The standard InChI is InChI=1S/C25H25F3N6O2S/c1-15(2)22(25(26,27)28)32-24(35)20-9-17(14-37-20)19-12-31-34-13-18(11-30-23(19)34)16-3-4-21(29-10-16)33-5-7-36-8-6-33/h3-4,9-15,22H,5-8H2,1-2H3,(H,32,35)/t22-/m1/s1. The van der Waals surface area contributed by atoms with E-state index in [1.165, 1.54) is 13.8 Å². The summed E-state index contributed by atoms with van der Waals surface area (Å²) in [6, 6.07) is 3.61. The Kier molecular flexibility index (Phi) is 6.86. The van der Waals surface area contributed by atoms with E-state index in [0.717, 1.165) is 41.4 Å². The summed E-state index contributed by atoms with van der Waals surface area (Å²) in [4.78, 5) is 24.0. The number of morpholine rings is 1. The van der Waals surface area contributed by atoms with Gasteiger partial charge in [0.2, 0.25) is 0 Å². The first-order chi connectivity index (χ1) is 17.7. The van der Waals surface area contributed by atoms with Crippen LogP contribution < -0.4 is 10.2 Å². The number of pyridine rings is 1. The first-order valence-electron chi connectivity index (χ1n) is 11.8. The van der Waals surface area contributed by atoms with Crippen molar-refractivity contribution in [1.82, 2.24) is 24.9 Å². The number of amides is 1. The van der Waals surface area contributed by atoms with Gasteiger partial charge in [-0.2, -0.15) is 18.3 Å².